The van der Waals surface area contributed by atoms with Crippen LogP contribution in [-0.4, -0.2) is 5.78 Å². The molecule has 1 aromatic heterocycles. The van der Waals surface area contributed by atoms with E-state index in [1.165, 1.54) is 31.9 Å². The quantitative estimate of drug-likeness (QED) is 0.747. The van der Waals surface area contributed by atoms with Crippen molar-refractivity contribution in [3.05, 3.63) is 23.1 Å². The predicted octanol–water partition coefficient (Wildman–Crippen LogP) is 3.94. The molecule has 0 N–H and O–H groups in total. The van der Waals surface area contributed by atoms with Crippen molar-refractivity contribution in [2.75, 3.05) is 0 Å². The molecule has 0 aliphatic heterocycles. The van der Waals surface area contributed by atoms with Gasteiger partial charge in [-0.25, -0.2) is 0 Å². The van der Waals surface area contributed by atoms with Gasteiger partial charge >= 0.3 is 0 Å². The third kappa shape index (κ3) is 1.69. The minimum atomic E-state index is 0.149. The Bertz CT molecular complexity index is 410. The summed E-state index contributed by atoms with van der Waals surface area (Å²) in [6, 6.07) is 1.68. The Morgan fingerprint density at radius 1 is 1.44 bits per heavy atom. The van der Waals surface area contributed by atoms with E-state index in [2.05, 4.69) is 0 Å². The Kier molecular flexibility index (Phi) is 2.55. The average Bonchev–Trinajstić information content (AvgIpc) is 2.92. The van der Waals surface area contributed by atoms with Crippen molar-refractivity contribution in [3.63, 3.8) is 0 Å². The molecule has 2 saturated carbocycles. The van der Waals surface area contributed by atoms with Crippen LogP contribution in [0.5, 0.6) is 0 Å². The van der Waals surface area contributed by atoms with Crippen molar-refractivity contribution in [3.8, 4) is 0 Å². The van der Waals surface area contributed by atoms with Crippen LogP contribution in [0.4, 0.5) is 0 Å². The number of furan rings is 1. The van der Waals surface area contributed by atoms with E-state index in [1.807, 2.05) is 0 Å². The predicted molar refractivity (Wildman–Crippen MR) is 61.6 cm³/mol. The van der Waals surface area contributed by atoms with Crippen LogP contribution in [0.15, 0.2) is 16.7 Å². The molecule has 1 heterocycles. The fraction of sp³-hybridized carbons (Fsp3) is 0.615. The maximum absolute atomic E-state index is 12.0. The van der Waals surface area contributed by atoms with Crippen molar-refractivity contribution >= 4 is 17.4 Å². The van der Waals surface area contributed by atoms with Crippen molar-refractivity contribution in [1.82, 2.24) is 0 Å². The second-order valence-corrected chi connectivity index (χ2v) is 5.51. The lowest BCUT2D eigenvalue weighted by atomic mass is 9.84. The molecule has 0 aromatic carbocycles. The van der Waals surface area contributed by atoms with Gasteiger partial charge < -0.3 is 4.42 Å². The van der Waals surface area contributed by atoms with E-state index in [-0.39, 0.29) is 11.0 Å². The van der Waals surface area contributed by atoms with Crippen LogP contribution >= 0.6 is 11.6 Å². The summed E-state index contributed by atoms with van der Waals surface area (Å²) < 4.78 is 4.96. The zero-order chi connectivity index (χ0) is 11.1. The summed E-state index contributed by atoms with van der Waals surface area (Å²) in [6.45, 7) is 0. The third-order valence-electron chi connectivity index (χ3n) is 4.25. The van der Waals surface area contributed by atoms with E-state index >= 15 is 0 Å². The van der Waals surface area contributed by atoms with E-state index in [0.717, 1.165) is 11.8 Å². The first-order valence-corrected chi connectivity index (χ1v) is 6.38. The minimum Gasteiger partial charge on any atom is -0.452 e. The van der Waals surface area contributed by atoms with Gasteiger partial charge in [-0.1, -0.05) is 6.42 Å². The number of carbonyl (C=O) groups is 1. The molecule has 2 aliphatic rings. The maximum atomic E-state index is 12.0. The SMILES string of the molecule is O=C(CC1CC2CCC1C2)c1ccoc1Cl. The Balaban J connectivity index is 1.67. The molecular formula is C13H15ClO2. The molecular weight excluding hydrogens is 224 g/mol. The summed E-state index contributed by atoms with van der Waals surface area (Å²) in [5, 5.41) is 0.244. The van der Waals surface area contributed by atoms with E-state index in [0.29, 0.717) is 17.9 Å². The van der Waals surface area contributed by atoms with Crippen molar-refractivity contribution in [2.24, 2.45) is 17.8 Å². The normalized spacial score (nSPS) is 32.2. The van der Waals surface area contributed by atoms with Gasteiger partial charge in [0.25, 0.3) is 0 Å². The molecule has 3 unspecified atom stereocenters. The number of halogens is 1. The Morgan fingerprint density at radius 3 is 2.88 bits per heavy atom. The first-order valence-electron chi connectivity index (χ1n) is 6.00. The zero-order valence-corrected chi connectivity index (χ0v) is 9.87. The lowest BCUT2D eigenvalue weighted by Gasteiger charge is -2.20. The van der Waals surface area contributed by atoms with Gasteiger partial charge in [-0.15, -0.1) is 0 Å². The number of fused-ring (bicyclic) bond motifs is 2. The largest absolute Gasteiger partial charge is 0.452 e. The number of ketones is 1. The highest BCUT2D eigenvalue weighted by Gasteiger charge is 2.40. The molecule has 0 saturated heterocycles. The summed E-state index contributed by atoms with van der Waals surface area (Å²) in [5.74, 6) is 2.43. The summed E-state index contributed by atoms with van der Waals surface area (Å²) in [7, 11) is 0. The van der Waals surface area contributed by atoms with Gasteiger partial charge in [-0.05, 0) is 54.7 Å². The summed E-state index contributed by atoms with van der Waals surface area (Å²) in [6.07, 6.45) is 7.42. The van der Waals surface area contributed by atoms with E-state index < -0.39 is 0 Å². The lowest BCUT2D eigenvalue weighted by Crippen LogP contribution is -2.15. The second kappa shape index (κ2) is 3.92. The van der Waals surface area contributed by atoms with E-state index in [1.54, 1.807) is 6.07 Å². The van der Waals surface area contributed by atoms with Gasteiger partial charge in [-0.2, -0.15) is 0 Å². The first-order chi connectivity index (χ1) is 7.74. The molecule has 3 heteroatoms. The van der Waals surface area contributed by atoms with Crippen LogP contribution in [0.25, 0.3) is 0 Å². The molecule has 3 atom stereocenters. The molecule has 2 fully saturated rings. The molecule has 1 aromatic rings. The monoisotopic (exact) mass is 238 g/mol. The van der Waals surface area contributed by atoms with Gasteiger partial charge in [0.1, 0.15) is 0 Å². The third-order valence-corrected chi connectivity index (χ3v) is 4.54. The van der Waals surface area contributed by atoms with Crippen molar-refractivity contribution in [2.45, 2.75) is 32.1 Å². The summed E-state index contributed by atoms with van der Waals surface area (Å²) >= 11 is 5.81. The smallest absolute Gasteiger partial charge is 0.203 e. The number of rotatable bonds is 3. The molecule has 0 radical (unpaired) electrons. The second-order valence-electron chi connectivity index (χ2n) is 5.17. The highest BCUT2D eigenvalue weighted by molar-refractivity contribution is 6.32. The first kappa shape index (κ1) is 10.4. The molecule has 2 nitrogen and oxygen atoms in total. The zero-order valence-electron chi connectivity index (χ0n) is 9.12. The Morgan fingerprint density at radius 2 is 2.31 bits per heavy atom. The van der Waals surface area contributed by atoms with Gasteiger partial charge in [0.2, 0.25) is 5.22 Å². The van der Waals surface area contributed by atoms with Gasteiger partial charge in [0.05, 0.1) is 11.8 Å². The highest BCUT2D eigenvalue weighted by atomic mass is 35.5. The number of Topliss-reactive ketones (excluding diaryl/α,β-unsaturated/α-hetero) is 1. The van der Waals surface area contributed by atoms with Gasteiger partial charge in [0.15, 0.2) is 5.78 Å². The number of hydrogen-bond donors (Lipinski definition) is 0. The standard InChI is InChI=1S/C13H15ClO2/c14-13-11(3-4-16-13)12(15)7-10-6-8-1-2-9(10)5-8/h3-4,8-10H,1-2,5-7H2. The minimum absolute atomic E-state index is 0.149. The van der Waals surface area contributed by atoms with Crippen LogP contribution in [0.3, 0.4) is 0 Å². The Labute approximate surface area is 100.0 Å². The lowest BCUT2D eigenvalue weighted by molar-refractivity contribution is 0.0944. The summed E-state index contributed by atoms with van der Waals surface area (Å²) in [4.78, 5) is 12.0. The van der Waals surface area contributed by atoms with Crippen molar-refractivity contribution in [1.29, 1.82) is 0 Å². The maximum Gasteiger partial charge on any atom is 0.203 e. The molecule has 2 aliphatic carbocycles. The van der Waals surface area contributed by atoms with Crippen LogP contribution in [-0.2, 0) is 0 Å². The topological polar surface area (TPSA) is 30.2 Å². The molecule has 2 bridgehead atoms. The van der Waals surface area contributed by atoms with E-state index in [4.69, 9.17) is 16.0 Å². The molecule has 0 amide bonds. The van der Waals surface area contributed by atoms with Crippen LogP contribution < -0.4 is 0 Å². The number of hydrogen-bond acceptors (Lipinski definition) is 2. The van der Waals surface area contributed by atoms with Crippen molar-refractivity contribution < 1.29 is 9.21 Å². The molecule has 86 valence electrons. The number of carbonyl (C=O) groups excluding carboxylic acids is 1. The van der Waals surface area contributed by atoms with Crippen LogP contribution in [0.1, 0.15) is 42.5 Å². The van der Waals surface area contributed by atoms with Crippen LogP contribution in [0, 0.1) is 17.8 Å². The summed E-state index contributed by atoms with van der Waals surface area (Å²) in [5.41, 5.74) is 0.560. The van der Waals surface area contributed by atoms with Gasteiger partial charge in [0, 0.05) is 6.42 Å². The molecule has 16 heavy (non-hydrogen) atoms. The fourth-order valence-corrected chi connectivity index (χ4v) is 3.69. The average molecular weight is 239 g/mol. The fourth-order valence-electron chi connectivity index (χ4n) is 3.47. The molecule has 0 spiro atoms. The Hall–Kier alpha value is -0.760. The van der Waals surface area contributed by atoms with Crippen LogP contribution in [0.2, 0.25) is 5.22 Å². The molecule has 3 rings (SSSR count). The van der Waals surface area contributed by atoms with Gasteiger partial charge in [-0.3, -0.25) is 4.79 Å². The van der Waals surface area contributed by atoms with E-state index in [9.17, 15) is 4.79 Å². The highest BCUT2D eigenvalue weighted by Crippen LogP contribution is 2.49.